The molecule has 2 aliphatic rings. The van der Waals surface area contributed by atoms with Crippen molar-refractivity contribution in [2.24, 2.45) is 0 Å². The van der Waals surface area contributed by atoms with Gasteiger partial charge in [0.15, 0.2) is 0 Å². The molecule has 4 nitrogen and oxygen atoms in total. The molecule has 0 unspecified atom stereocenters. The Morgan fingerprint density at radius 1 is 0.462 bits per heavy atom. The van der Waals surface area contributed by atoms with E-state index in [0.717, 1.165) is 26.2 Å². The Kier molecular flexibility index (Phi) is 10.1. The third-order valence-corrected chi connectivity index (χ3v) is 6.40. The number of para-hydroxylation sites is 4. The first-order chi connectivity index (χ1) is 18.8. The predicted molar refractivity (Wildman–Crippen MR) is 160 cm³/mol. The van der Waals surface area contributed by atoms with Crippen molar-refractivity contribution in [2.45, 2.75) is 13.1 Å². The zero-order valence-corrected chi connectivity index (χ0v) is 23.4. The van der Waals surface area contributed by atoms with Gasteiger partial charge in [0.2, 0.25) is 13.3 Å². The summed E-state index contributed by atoms with van der Waals surface area (Å²) in [7, 11) is 0. The van der Waals surface area contributed by atoms with E-state index in [0.29, 0.717) is 0 Å². The molecule has 0 saturated heterocycles. The largest absolute Gasteiger partial charge is 0.336 e. The Bertz CT molecular complexity index is 1240. The van der Waals surface area contributed by atoms with Crippen LogP contribution in [0, 0.1) is 13.3 Å². The zero-order valence-electron chi connectivity index (χ0n) is 21.9. The number of benzene rings is 4. The molecule has 39 heavy (non-hydrogen) atoms. The molecule has 2 aliphatic heterocycles. The molecular weight excluding hydrogens is 572 g/mol. The molecule has 0 aromatic heterocycles. The van der Waals surface area contributed by atoms with Crippen molar-refractivity contribution in [3.05, 3.63) is 159 Å². The molecule has 4 aromatic carbocycles. The van der Waals surface area contributed by atoms with Crippen LogP contribution in [0.15, 0.2) is 135 Å². The summed E-state index contributed by atoms with van der Waals surface area (Å²) in [6, 6.07) is 37.7. The van der Waals surface area contributed by atoms with Gasteiger partial charge >= 0.3 is 0 Å². The van der Waals surface area contributed by atoms with Gasteiger partial charge in [0.1, 0.15) is 0 Å². The molecule has 0 bridgehead atoms. The van der Waals surface area contributed by atoms with Crippen LogP contribution >= 0.6 is 0 Å². The summed E-state index contributed by atoms with van der Waals surface area (Å²) in [6.45, 7) is 17.7. The number of hydrogen-bond acceptors (Lipinski definition) is 4. The van der Waals surface area contributed by atoms with Crippen molar-refractivity contribution in [1.29, 1.82) is 0 Å². The quantitative estimate of drug-likeness (QED) is 0.154. The van der Waals surface area contributed by atoms with Crippen molar-refractivity contribution in [1.82, 2.24) is 0 Å². The van der Waals surface area contributed by atoms with E-state index >= 15 is 0 Å². The Morgan fingerprint density at radius 2 is 0.769 bits per heavy atom. The number of hydrogen-bond donors (Lipinski definition) is 0. The van der Waals surface area contributed by atoms with E-state index in [-0.39, 0.29) is 22.4 Å². The van der Waals surface area contributed by atoms with Crippen molar-refractivity contribution >= 4 is 22.7 Å². The van der Waals surface area contributed by atoms with Crippen molar-refractivity contribution in [2.75, 3.05) is 32.7 Å². The van der Waals surface area contributed by atoms with Crippen LogP contribution in [0.2, 0.25) is 0 Å². The molecule has 5 heteroatoms. The number of rotatable bonds is 8. The third-order valence-electron chi connectivity index (χ3n) is 6.40. The minimum Gasteiger partial charge on any atom is -0.336 e. The monoisotopic (exact) mass is 603 g/mol. The summed E-state index contributed by atoms with van der Waals surface area (Å²) in [6.07, 6.45) is 3.80. The van der Waals surface area contributed by atoms with E-state index < -0.39 is 0 Å². The normalized spacial score (nSPS) is 13.1. The maximum absolute atomic E-state index is 3.81. The number of fused-ring (bicyclic) bond motifs is 2. The summed E-state index contributed by atoms with van der Waals surface area (Å²) in [5.74, 6) is 0. The van der Waals surface area contributed by atoms with Gasteiger partial charge in [0, 0.05) is 48.6 Å². The predicted octanol–water partition coefficient (Wildman–Crippen LogP) is 7.39. The molecule has 0 spiro atoms. The van der Waals surface area contributed by atoms with Gasteiger partial charge in [-0.15, -0.1) is 13.2 Å². The third kappa shape index (κ3) is 6.85. The van der Waals surface area contributed by atoms with Gasteiger partial charge in [-0.3, -0.25) is 0 Å². The Balaban J connectivity index is 0.000000176. The van der Waals surface area contributed by atoms with E-state index in [4.69, 9.17) is 0 Å². The smallest absolute Gasteiger partial charge is 0.209 e. The zero-order chi connectivity index (χ0) is 26.2. The standard InChI is InChI=1S/2C17H16N2.Ag/c2*1-2-12-18-14-19(13-15-8-4-3-5-9-15)17-11-7-6-10-16(17)18;/h2*2-11H,1,12-13H2;. The summed E-state index contributed by atoms with van der Waals surface area (Å²) >= 11 is 0. The molecule has 4 aromatic rings. The fourth-order valence-corrected chi connectivity index (χ4v) is 4.66. The fourth-order valence-electron chi connectivity index (χ4n) is 4.66. The average molecular weight is 605 g/mol. The molecular formula is C34H32AgN4. The molecule has 0 atom stereocenters. The number of nitrogens with zero attached hydrogens (tertiary/aromatic N) is 4. The SMILES string of the molecule is C=CCN1[C]N(Cc2ccccc2)c2ccccc21.C=CCN1[C]N(Cc2ccccc2)c2ccccc21.[Ag]. The van der Waals surface area contributed by atoms with Gasteiger partial charge in [0.05, 0.1) is 22.7 Å². The van der Waals surface area contributed by atoms with E-state index in [2.05, 4.69) is 143 Å². The maximum atomic E-state index is 3.81. The molecule has 5 radical (unpaired) electrons. The minimum atomic E-state index is 0. The Hall–Kier alpha value is -3.70. The molecule has 2 heterocycles. The van der Waals surface area contributed by atoms with Crippen molar-refractivity contribution in [3.63, 3.8) is 0 Å². The topological polar surface area (TPSA) is 13.0 Å². The second-order valence-corrected chi connectivity index (χ2v) is 9.12. The summed E-state index contributed by atoms with van der Waals surface area (Å²) in [5, 5.41) is 0. The van der Waals surface area contributed by atoms with Crippen LogP contribution in [0.5, 0.6) is 0 Å². The molecule has 0 N–H and O–H groups in total. The Morgan fingerprint density at radius 3 is 1.10 bits per heavy atom. The van der Waals surface area contributed by atoms with Crippen molar-refractivity contribution in [3.8, 4) is 0 Å². The van der Waals surface area contributed by atoms with E-state index in [1.807, 2.05) is 24.3 Å². The summed E-state index contributed by atoms with van der Waals surface area (Å²) < 4.78 is 0. The second kappa shape index (κ2) is 13.9. The minimum absolute atomic E-state index is 0. The van der Waals surface area contributed by atoms with E-state index in [9.17, 15) is 0 Å². The maximum Gasteiger partial charge on any atom is 0.209 e. The van der Waals surface area contributed by atoms with Crippen LogP contribution in [-0.2, 0) is 35.5 Å². The first-order valence-corrected chi connectivity index (χ1v) is 12.9. The van der Waals surface area contributed by atoms with Crippen LogP contribution in [-0.4, -0.2) is 13.1 Å². The van der Waals surface area contributed by atoms with Crippen LogP contribution in [0.4, 0.5) is 22.7 Å². The molecule has 0 saturated carbocycles. The van der Waals surface area contributed by atoms with Crippen LogP contribution < -0.4 is 19.6 Å². The molecule has 0 aliphatic carbocycles. The van der Waals surface area contributed by atoms with Crippen LogP contribution in [0.25, 0.3) is 0 Å². The van der Waals surface area contributed by atoms with Gasteiger partial charge in [-0.05, 0) is 35.4 Å². The Labute approximate surface area is 249 Å². The summed E-state index contributed by atoms with van der Waals surface area (Å²) in [4.78, 5) is 8.53. The molecule has 0 fully saturated rings. The van der Waals surface area contributed by atoms with Gasteiger partial charge in [-0.2, -0.15) is 0 Å². The first kappa shape index (κ1) is 28.3. The van der Waals surface area contributed by atoms with E-state index in [1.54, 1.807) is 0 Å². The second-order valence-electron chi connectivity index (χ2n) is 9.12. The average Bonchev–Trinajstić information content (AvgIpc) is 3.49. The van der Waals surface area contributed by atoms with Gasteiger partial charge in [-0.1, -0.05) is 97.1 Å². The number of anilines is 4. The van der Waals surface area contributed by atoms with E-state index in [1.165, 1.54) is 33.9 Å². The molecule has 199 valence electrons. The first-order valence-electron chi connectivity index (χ1n) is 12.9. The molecule has 0 amide bonds. The van der Waals surface area contributed by atoms with Gasteiger partial charge in [0.25, 0.3) is 0 Å². The molecule has 6 rings (SSSR count). The van der Waals surface area contributed by atoms with Crippen LogP contribution in [0.1, 0.15) is 11.1 Å². The van der Waals surface area contributed by atoms with Crippen LogP contribution in [0.3, 0.4) is 0 Å². The van der Waals surface area contributed by atoms with Gasteiger partial charge < -0.3 is 19.6 Å². The fraction of sp³-hybridized carbons (Fsp3) is 0.118. The summed E-state index contributed by atoms with van der Waals surface area (Å²) in [5.41, 5.74) is 7.36. The van der Waals surface area contributed by atoms with Crippen molar-refractivity contribution < 1.29 is 22.4 Å². The van der Waals surface area contributed by atoms with Gasteiger partial charge in [-0.25, -0.2) is 0 Å².